The molecule has 6 aromatic carbocycles. The molecule has 0 spiro atoms. The van der Waals surface area contributed by atoms with Gasteiger partial charge in [0.1, 0.15) is 11.5 Å². The second-order valence-corrected chi connectivity index (χ2v) is 24.3. The number of halogens is 4. The van der Waals surface area contributed by atoms with Gasteiger partial charge in [-0.15, -0.1) is 32.0 Å². The molecule has 0 saturated heterocycles. The summed E-state index contributed by atoms with van der Waals surface area (Å²) in [5.41, 5.74) is 26.0. The second-order valence-electron chi connectivity index (χ2n) is 21.3. The van der Waals surface area contributed by atoms with E-state index in [0.717, 1.165) is 80.8 Å². The topological polar surface area (TPSA) is 260 Å². The van der Waals surface area contributed by atoms with Gasteiger partial charge in [0.25, 0.3) is 0 Å². The number of carbonyl (C=O) groups is 2. The minimum absolute atomic E-state index is 0.00602. The van der Waals surface area contributed by atoms with Crippen LogP contribution in [0.3, 0.4) is 0 Å². The van der Waals surface area contributed by atoms with Gasteiger partial charge in [-0.3, -0.25) is 4.79 Å². The van der Waals surface area contributed by atoms with Crippen molar-refractivity contribution in [3.05, 3.63) is 254 Å². The highest BCUT2D eigenvalue weighted by molar-refractivity contribution is 9.11. The number of carbonyl (C=O) groups excluding carboxylic acids is 2. The molecule has 92 heavy (non-hydrogen) atoms. The number of amides is 2. The largest absolute Gasteiger partial charge is 0.444 e. The van der Waals surface area contributed by atoms with E-state index >= 15 is 0 Å². The average molecular weight is 1450 g/mol. The van der Waals surface area contributed by atoms with Gasteiger partial charge >= 0.3 is 6.09 Å². The van der Waals surface area contributed by atoms with E-state index < -0.39 is 5.60 Å². The van der Waals surface area contributed by atoms with Crippen LogP contribution in [0.5, 0.6) is 0 Å². The fourth-order valence-electron chi connectivity index (χ4n) is 9.04. The number of alkyl halides is 1. The summed E-state index contributed by atoms with van der Waals surface area (Å²) in [6.07, 6.45) is 22.9. The number of rotatable bonds is 9. The molecule has 13 rings (SSSR count). The predicted molar refractivity (Wildman–Crippen MR) is 370 cm³/mol. The third kappa shape index (κ3) is 22.0. The third-order valence-corrected chi connectivity index (χ3v) is 15.6. The van der Waals surface area contributed by atoms with Crippen LogP contribution in [0.15, 0.2) is 232 Å². The van der Waals surface area contributed by atoms with Crippen molar-refractivity contribution >= 4 is 99.5 Å². The molecule has 472 valence electrons. The fraction of sp³-hybridized carbons (Fsp3) is 0.212. The monoisotopic (exact) mass is 1450 g/mol. The Balaban J connectivity index is 0.000000147. The molecular weight excluding hydrogens is 1380 g/mol. The molecule has 10 aromatic rings. The van der Waals surface area contributed by atoms with Gasteiger partial charge in [-0.25, -0.2) is 23.5 Å². The average Bonchev–Trinajstić information content (AvgIpc) is 3.09. The molecule has 0 fully saturated rings. The molecule has 26 heteroatoms. The first-order valence-electron chi connectivity index (χ1n) is 29.1. The number of anilines is 1. The summed E-state index contributed by atoms with van der Waals surface area (Å²) in [7, 11) is 0. The number of nitrogens with one attached hydrogen (secondary N) is 1. The highest BCUT2D eigenvalue weighted by Gasteiger charge is 2.24. The summed E-state index contributed by atoms with van der Waals surface area (Å²) in [5, 5.41) is 37.6. The van der Waals surface area contributed by atoms with Crippen LogP contribution in [0.1, 0.15) is 56.7 Å². The molecule has 22 nitrogen and oxygen atoms in total. The highest BCUT2D eigenvalue weighted by atomic mass is 79.9. The van der Waals surface area contributed by atoms with E-state index in [1.54, 1.807) is 65.4 Å². The number of hydrogen-bond acceptors (Lipinski definition) is 14. The SMILES string of the molecule is Brc1ccc(-n2ccnn2)cc1.C1=C(c2ccc(-n3ccnn3)cc2)CCNC1.CC(C)(C)OC(=O)N1CC=C(c2ccc(-n3ccnn3)cc2)CC1.Nc1ccc(Br)cc1.O=C(CCl)N1CC=C(c2ccc(-n3ccnn3)cc2)CC1.[N-]=[N+]=Nc1ccc(Br)cc1. The normalized spacial score (nSPS) is 13.3. The van der Waals surface area contributed by atoms with E-state index in [0.29, 0.717) is 25.3 Å². The van der Waals surface area contributed by atoms with Gasteiger partial charge in [-0.05, 0) is 183 Å². The quantitative estimate of drug-likeness (QED) is 0.0448. The van der Waals surface area contributed by atoms with E-state index in [1.165, 1.54) is 33.4 Å². The van der Waals surface area contributed by atoms with E-state index in [-0.39, 0.29) is 17.9 Å². The van der Waals surface area contributed by atoms with Crippen molar-refractivity contribution in [2.75, 3.05) is 50.9 Å². The Bertz CT molecular complexity index is 3970. The molecule has 7 heterocycles. The first kappa shape index (κ1) is 68.5. The number of azide groups is 1. The van der Waals surface area contributed by atoms with Crippen LogP contribution in [-0.2, 0) is 9.53 Å². The molecule has 0 aliphatic carbocycles. The van der Waals surface area contributed by atoms with Crippen LogP contribution in [0.25, 0.3) is 49.9 Å². The summed E-state index contributed by atoms with van der Waals surface area (Å²) in [5.74, 6) is 0.0453. The minimum atomic E-state index is -0.460. The van der Waals surface area contributed by atoms with Crippen LogP contribution in [0.4, 0.5) is 16.2 Å². The predicted octanol–water partition coefficient (Wildman–Crippen LogP) is 14.5. The van der Waals surface area contributed by atoms with Crippen molar-refractivity contribution in [3.8, 4) is 22.7 Å². The molecule has 0 bridgehead atoms. The molecular formula is C66H67Br3ClN19O3. The van der Waals surface area contributed by atoms with Gasteiger partial charge in [0.15, 0.2) is 0 Å². The Labute approximate surface area is 563 Å². The number of nitrogen functional groups attached to an aromatic ring is 1. The standard InChI is InChI=1S/C18H22N4O2.C15H15ClN4O.C13H14N4.C8H6BrN3.C6H4BrN3.C6H6BrN/c1-18(2,3)24-17(23)21-11-8-15(9-12-21)14-4-6-16(7-5-14)22-13-10-19-20-22;16-11-15(21)19-8-5-13(6-9-19)12-1-3-14(4-2-12)20-10-7-17-18-20;1-3-13(17-10-9-15-16-17)4-2-11(1)12-5-7-14-8-6-12;9-7-1-3-8(4-2-7)12-6-5-10-11-12;7-5-1-3-6(4-2-5)9-10-8;7-5-1-3-6(8)4-2-5/h4-8,10,13H,9,11-12H2,1-3H3;1-5,7,10H,6,8-9,11H2;1-5,9-10,14H,6-8H2;1-6H;1-4H;1-4H,8H2. The maximum Gasteiger partial charge on any atom is 0.410 e. The lowest BCUT2D eigenvalue weighted by atomic mass is 9.99. The summed E-state index contributed by atoms with van der Waals surface area (Å²) < 4.78 is 15.4. The fourth-order valence-corrected chi connectivity index (χ4v) is 10.00. The van der Waals surface area contributed by atoms with Crippen molar-refractivity contribution in [2.45, 2.75) is 45.6 Å². The van der Waals surface area contributed by atoms with Crippen LogP contribution in [0, 0.1) is 0 Å². The first-order chi connectivity index (χ1) is 44.6. The maximum absolute atomic E-state index is 12.1. The van der Waals surface area contributed by atoms with Crippen LogP contribution >= 0.6 is 59.4 Å². The summed E-state index contributed by atoms with van der Waals surface area (Å²) in [6.45, 7) is 10.3. The number of aromatic nitrogens is 12. The molecule has 4 aromatic heterocycles. The molecule has 3 N–H and O–H groups in total. The summed E-state index contributed by atoms with van der Waals surface area (Å²) >= 11 is 15.5. The zero-order valence-electron chi connectivity index (χ0n) is 50.7. The van der Waals surface area contributed by atoms with Crippen molar-refractivity contribution < 1.29 is 14.3 Å². The van der Waals surface area contributed by atoms with Gasteiger partial charge in [0, 0.05) is 62.4 Å². The summed E-state index contributed by atoms with van der Waals surface area (Å²) in [6, 6.07) is 47.3. The lowest BCUT2D eigenvalue weighted by molar-refractivity contribution is -0.128. The lowest BCUT2D eigenvalue weighted by Gasteiger charge is -2.29. The van der Waals surface area contributed by atoms with Gasteiger partial charge in [0.05, 0.1) is 72.3 Å². The van der Waals surface area contributed by atoms with E-state index in [9.17, 15) is 9.59 Å². The second kappa shape index (κ2) is 35.3. The van der Waals surface area contributed by atoms with E-state index in [2.05, 4.69) is 171 Å². The molecule has 0 unspecified atom stereocenters. The number of nitrogens with zero attached hydrogens (tertiary/aromatic N) is 17. The zero-order valence-corrected chi connectivity index (χ0v) is 56.2. The smallest absolute Gasteiger partial charge is 0.410 e. The molecule has 3 aliphatic heterocycles. The highest BCUT2D eigenvalue weighted by Crippen LogP contribution is 2.27. The van der Waals surface area contributed by atoms with Gasteiger partial charge in [-0.2, -0.15) is 0 Å². The Kier molecular flexibility index (Phi) is 26.3. The molecule has 0 atom stereocenters. The van der Waals surface area contributed by atoms with Crippen molar-refractivity contribution in [1.82, 2.24) is 75.1 Å². The van der Waals surface area contributed by atoms with Gasteiger partial charge in [-0.1, -0.05) is 141 Å². The zero-order chi connectivity index (χ0) is 65.1. The van der Waals surface area contributed by atoms with Crippen molar-refractivity contribution in [1.29, 1.82) is 0 Å². The number of benzene rings is 6. The number of ether oxygens (including phenoxy) is 1. The Morgan fingerprint density at radius 1 is 0.554 bits per heavy atom. The number of nitrogens with two attached hydrogens (primary N) is 1. The lowest BCUT2D eigenvalue weighted by Crippen LogP contribution is -2.39. The van der Waals surface area contributed by atoms with Crippen LogP contribution in [-0.4, -0.2) is 133 Å². The van der Waals surface area contributed by atoms with Gasteiger partial charge in [0.2, 0.25) is 5.91 Å². The Morgan fingerprint density at radius 3 is 1.24 bits per heavy atom. The Hall–Kier alpha value is -9.36. The van der Waals surface area contributed by atoms with Gasteiger partial charge < -0.3 is 25.6 Å². The molecule has 2 amide bonds. The van der Waals surface area contributed by atoms with Crippen LogP contribution in [0.2, 0.25) is 0 Å². The number of hydrogen-bond donors (Lipinski definition) is 2. The van der Waals surface area contributed by atoms with E-state index in [1.807, 2.05) is 130 Å². The van der Waals surface area contributed by atoms with Crippen molar-refractivity contribution in [3.63, 3.8) is 0 Å². The Morgan fingerprint density at radius 2 is 0.924 bits per heavy atom. The third-order valence-electron chi connectivity index (χ3n) is 13.7. The molecule has 3 aliphatic rings. The summed E-state index contributed by atoms with van der Waals surface area (Å²) in [4.78, 5) is 29.8. The maximum atomic E-state index is 12.1. The minimum Gasteiger partial charge on any atom is -0.444 e. The molecule has 0 radical (unpaired) electrons. The molecule has 0 saturated carbocycles. The van der Waals surface area contributed by atoms with Crippen molar-refractivity contribution in [2.24, 2.45) is 5.11 Å². The van der Waals surface area contributed by atoms with E-state index in [4.69, 9.17) is 27.6 Å². The van der Waals surface area contributed by atoms with Crippen LogP contribution < -0.4 is 11.1 Å². The first-order valence-corrected chi connectivity index (χ1v) is 32.0.